The van der Waals surface area contributed by atoms with Gasteiger partial charge in [0.1, 0.15) is 3.70 Å². The molecule has 0 saturated heterocycles. The molecule has 0 aliphatic carbocycles. The third-order valence-corrected chi connectivity index (χ3v) is 2.36. The van der Waals surface area contributed by atoms with E-state index in [4.69, 9.17) is 5.11 Å². The van der Waals surface area contributed by atoms with E-state index in [0.29, 0.717) is 6.07 Å². The van der Waals surface area contributed by atoms with Crippen LogP contribution in [0.4, 0.5) is 22.0 Å². The van der Waals surface area contributed by atoms with E-state index >= 15 is 0 Å². The fourth-order valence-electron chi connectivity index (χ4n) is 1.23. The Morgan fingerprint density at radius 3 is 2.47 bits per heavy atom. The SMILES string of the molecule is O=C(O)Cc1nc(I)cc(C(F)F)c1OC(F)(F)F. The first-order chi connectivity index (χ1) is 8.60. The van der Waals surface area contributed by atoms with Crippen LogP contribution in [0.25, 0.3) is 0 Å². The second-order valence-electron chi connectivity index (χ2n) is 3.23. The molecule has 0 aromatic carbocycles. The lowest BCUT2D eigenvalue weighted by molar-refractivity contribution is -0.275. The Hall–Kier alpha value is -1.20. The average Bonchev–Trinajstić information content (AvgIpc) is 2.18. The van der Waals surface area contributed by atoms with E-state index in [1.54, 1.807) is 0 Å². The van der Waals surface area contributed by atoms with E-state index < -0.39 is 42.2 Å². The lowest BCUT2D eigenvalue weighted by Crippen LogP contribution is -2.21. The van der Waals surface area contributed by atoms with Crippen LogP contribution in [-0.4, -0.2) is 22.4 Å². The normalized spacial score (nSPS) is 11.7. The molecule has 0 amide bonds. The van der Waals surface area contributed by atoms with Gasteiger partial charge in [0.15, 0.2) is 5.75 Å². The number of aliphatic carboxylic acids is 1. The number of carboxylic acids is 1. The maximum Gasteiger partial charge on any atom is 0.573 e. The Morgan fingerprint density at radius 2 is 2.05 bits per heavy atom. The summed E-state index contributed by atoms with van der Waals surface area (Å²) in [6, 6.07) is 0.706. The lowest BCUT2D eigenvalue weighted by Gasteiger charge is -2.16. The quantitative estimate of drug-likeness (QED) is 0.482. The number of pyridine rings is 1. The fourth-order valence-corrected chi connectivity index (χ4v) is 1.86. The largest absolute Gasteiger partial charge is 0.573 e. The van der Waals surface area contributed by atoms with Crippen LogP contribution in [-0.2, 0) is 11.2 Å². The Bertz CT molecular complexity index is 491. The van der Waals surface area contributed by atoms with Gasteiger partial charge in [-0.25, -0.2) is 13.8 Å². The van der Waals surface area contributed by atoms with Crippen molar-refractivity contribution in [2.24, 2.45) is 0 Å². The molecule has 1 aromatic rings. The first kappa shape index (κ1) is 15.9. The molecular weight excluding hydrogens is 392 g/mol. The first-order valence-corrected chi connectivity index (χ1v) is 5.63. The standard InChI is InChI=1S/C9H5F5INO3/c10-8(11)3-1-5(15)16-4(2-6(17)18)7(3)19-9(12,13)14/h1,8H,2H2,(H,17,18). The van der Waals surface area contributed by atoms with E-state index in [9.17, 15) is 26.7 Å². The second kappa shape index (κ2) is 5.84. The summed E-state index contributed by atoms with van der Waals surface area (Å²) in [6.07, 6.45) is -9.42. The molecule has 106 valence electrons. The summed E-state index contributed by atoms with van der Waals surface area (Å²) < 4.78 is 65.2. The van der Waals surface area contributed by atoms with Crippen molar-refractivity contribution in [3.8, 4) is 5.75 Å². The molecule has 10 heteroatoms. The minimum atomic E-state index is -5.22. The third-order valence-electron chi connectivity index (χ3n) is 1.81. The van der Waals surface area contributed by atoms with Gasteiger partial charge < -0.3 is 9.84 Å². The summed E-state index contributed by atoms with van der Waals surface area (Å²) >= 11 is 1.49. The molecule has 0 spiro atoms. The van der Waals surface area contributed by atoms with Crippen molar-refractivity contribution in [1.29, 1.82) is 0 Å². The summed E-state index contributed by atoms with van der Waals surface area (Å²) in [4.78, 5) is 14.0. The molecule has 1 aromatic heterocycles. The maximum absolute atomic E-state index is 12.7. The van der Waals surface area contributed by atoms with Crippen molar-refractivity contribution in [2.75, 3.05) is 0 Å². The van der Waals surface area contributed by atoms with Crippen LogP contribution in [0, 0.1) is 3.70 Å². The minimum Gasteiger partial charge on any atom is -0.481 e. The molecule has 19 heavy (non-hydrogen) atoms. The van der Waals surface area contributed by atoms with E-state index in [1.807, 2.05) is 0 Å². The summed E-state index contributed by atoms with van der Waals surface area (Å²) in [7, 11) is 0. The van der Waals surface area contributed by atoms with Gasteiger partial charge in [0.05, 0.1) is 17.7 Å². The molecule has 0 fully saturated rings. The summed E-state index contributed by atoms with van der Waals surface area (Å²) in [5, 5.41) is 8.54. The number of carbonyl (C=O) groups is 1. The van der Waals surface area contributed by atoms with Crippen molar-refractivity contribution in [3.05, 3.63) is 21.0 Å². The highest BCUT2D eigenvalue weighted by Gasteiger charge is 2.35. The molecule has 4 nitrogen and oxygen atoms in total. The molecule has 0 atom stereocenters. The van der Waals surface area contributed by atoms with Crippen LogP contribution in [0.15, 0.2) is 6.07 Å². The molecule has 1 N–H and O–H groups in total. The van der Waals surface area contributed by atoms with Crippen molar-refractivity contribution < 1.29 is 36.6 Å². The summed E-state index contributed by atoms with van der Waals surface area (Å²) in [5.41, 5.74) is -1.75. The van der Waals surface area contributed by atoms with Crippen LogP contribution >= 0.6 is 22.6 Å². The number of ether oxygens (including phenoxy) is 1. The third kappa shape index (κ3) is 4.76. The van der Waals surface area contributed by atoms with Gasteiger partial charge in [-0.15, -0.1) is 13.2 Å². The van der Waals surface area contributed by atoms with Gasteiger partial charge >= 0.3 is 12.3 Å². The van der Waals surface area contributed by atoms with Crippen molar-refractivity contribution in [2.45, 2.75) is 19.2 Å². The maximum atomic E-state index is 12.7. The smallest absolute Gasteiger partial charge is 0.481 e. The number of aromatic nitrogens is 1. The number of halogens is 6. The average molecular weight is 397 g/mol. The van der Waals surface area contributed by atoms with Crippen LogP contribution in [0.3, 0.4) is 0 Å². The molecule has 0 aliphatic rings. The molecular formula is C9H5F5INO3. The highest BCUT2D eigenvalue weighted by molar-refractivity contribution is 14.1. The highest BCUT2D eigenvalue weighted by Crippen LogP contribution is 2.36. The number of carboxylic acid groups (broad SMARTS) is 1. The van der Waals surface area contributed by atoms with E-state index in [-0.39, 0.29) is 3.70 Å². The Kier molecular flexibility index (Phi) is 4.87. The molecule has 1 heterocycles. The van der Waals surface area contributed by atoms with Gasteiger partial charge in [0, 0.05) is 0 Å². The van der Waals surface area contributed by atoms with Gasteiger partial charge in [-0.05, 0) is 28.7 Å². The van der Waals surface area contributed by atoms with E-state index in [0.717, 1.165) is 0 Å². The number of alkyl halides is 5. The molecule has 0 saturated carbocycles. The summed E-state index contributed by atoms with van der Waals surface area (Å²) in [6.45, 7) is 0. The minimum absolute atomic E-state index is 0.0568. The predicted octanol–water partition coefficient (Wildman–Crippen LogP) is 3.15. The molecule has 1 rings (SSSR count). The van der Waals surface area contributed by atoms with Crippen molar-refractivity contribution in [1.82, 2.24) is 4.98 Å². The molecule has 0 aliphatic heterocycles. The Labute approximate surface area is 116 Å². The van der Waals surface area contributed by atoms with Crippen LogP contribution in [0.2, 0.25) is 0 Å². The molecule has 0 bridgehead atoms. The van der Waals surface area contributed by atoms with Crippen molar-refractivity contribution >= 4 is 28.6 Å². The van der Waals surface area contributed by atoms with E-state index in [1.165, 1.54) is 22.6 Å². The summed E-state index contributed by atoms with van der Waals surface area (Å²) in [5.74, 6) is -2.77. The van der Waals surface area contributed by atoms with Crippen molar-refractivity contribution in [3.63, 3.8) is 0 Å². The number of rotatable bonds is 4. The number of nitrogens with zero attached hydrogens (tertiary/aromatic N) is 1. The van der Waals surface area contributed by atoms with Gasteiger partial charge in [0.25, 0.3) is 6.43 Å². The Morgan fingerprint density at radius 1 is 1.47 bits per heavy atom. The van der Waals surface area contributed by atoms with Gasteiger partial charge in [-0.1, -0.05) is 0 Å². The fraction of sp³-hybridized carbons (Fsp3) is 0.333. The predicted molar refractivity (Wildman–Crippen MR) is 59.9 cm³/mol. The second-order valence-corrected chi connectivity index (χ2v) is 4.33. The van der Waals surface area contributed by atoms with Crippen LogP contribution in [0.5, 0.6) is 5.75 Å². The van der Waals surface area contributed by atoms with Gasteiger partial charge in [-0.2, -0.15) is 0 Å². The molecule has 0 unspecified atom stereocenters. The zero-order chi connectivity index (χ0) is 14.8. The molecule has 0 radical (unpaired) electrons. The number of hydrogen-bond acceptors (Lipinski definition) is 3. The zero-order valence-corrected chi connectivity index (χ0v) is 11.0. The highest BCUT2D eigenvalue weighted by atomic mass is 127. The van der Waals surface area contributed by atoms with Gasteiger partial charge in [-0.3, -0.25) is 4.79 Å². The van der Waals surface area contributed by atoms with Crippen LogP contribution < -0.4 is 4.74 Å². The first-order valence-electron chi connectivity index (χ1n) is 4.55. The number of hydrogen-bond donors (Lipinski definition) is 1. The van der Waals surface area contributed by atoms with E-state index in [2.05, 4.69) is 9.72 Å². The van der Waals surface area contributed by atoms with Gasteiger partial charge in [0.2, 0.25) is 0 Å². The lowest BCUT2D eigenvalue weighted by atomic mass is 10.1. The topological polar surface area (TPSA) is 59.4 Å². The zero-order valence-electron chi connectivity index (χ0n) is 8.84. The Balaban J connectivity index is 3.38. The monoisotopic (exact) mass is 397 g/mol. The van der Waals surface area contributed by atoms with Crippen LogP contribution in [0.1, 0.15) is 17.7 Å².